The van der Waals surface area contributed by atoms with E-state index < -0.39 is 71.7 Å². The summed E-state index contributed by atoms with van der Waals surface area (Å²) in [6.45, 7) is 4.18. The molecule has 46 heavy (non-hydrogen) atoms. The zero-order valence-corrected chi connectivity index (χ0v) is 28.2. The van der Waals surface area contributed by atoms with Crippen molar-refractivity contribution in [3.05, 3.63) is 35.9 Å². The van der Waals surface area contributed by atoms with Crippen LogP contribution in [-0.4, -0.2) is 101 Å². The van der Waals surface area contributed by atoms with Crippen LogP contribution in [0.3, 0.4) is 0 Å². The summed E-state index contributed by atoms with van der Waals surface area (Å²) < 4.78 is 0. The van der Waals surface area contributed by atoms with E-state index in [2.05, 4.69) is 51.8 Å². The van der Waals surface area contributed by atoms with Crippen molar-refractivity contribution in [3.8, 4) is 0 Å². The molecule has 3 rings (SSSR count). The highest BCUT2D eigenvalue weighted by Crippen LogP contribution is 2.20. The van der Waals surface area contributed by atoms with Gasteiger partial charge in [-0.3, -0.25) is 28.8 Å². The smallest absolute Gasteiger partial charge is 0.246 e. The third-order valence-corrected chi connectivity index (χ3v) is 8.92. The Bertz CT molecular complexity index is 1240. The average molecular weight is 678 g/mol. The van der Waals surface area contributed by atoms with Gasteiger partial charge in [-0.1, -0.05) is 44.2 Å². The molecular formula is C31H47N7O6S2. The molecular weight excluding hydrogens is 631 g/mol. The Labute approximate surface area is 281 Å². The van der Waals surface area contributed by atoms with Crippen LogP contribution in [0, 0.1) is 5.92 Å². The molecule has 15 heteroatoms. The van der Waals surface area contributed by atoms with Crippen molar-refractivity contribution in [2.24, 2.45) is 11.7 Å². The van der Waals surface area contributed by atoms with Gasteiger partial charge in [0, 0.05) is 24.5 Å². The Balaban J connectivity index is 2.02. The van der Waals surface area contributed by atoms with Gasteiger partial charge in [-0.25, -0.2) is 0 Å². The van der Waals surface area contributed by atoms with Gasteiger partial charge in [0.05, 0.1) is 0 Å². The van der Waals surface area contributed by atoms with E-state index in [1.54, 1.807) is 13.8 Å². The molecule has 2 saturated heterocycles. The van der Waals surface area contributed by atoms with Crippen LogP contribution in [0.1, 0.15) is 51.5 Å². The van der Waals surface area contributed by atoms with Crippen LogP contribution < -0.4 is 32.3 Å². The Morgan fingerprint density at radius 3 is 1.98 bits per heavy atom. The summed E-state index contributed by atoms with van der Waals surface area (Å²) in [5.41, 5.74) is 6.43. The second-order valence-corrected chi connectivity index (χ2v) is 12.7. The first-order valence-electron chi connectivity index (χ1n) is 15.8. The van der Waals surface area contributed by atoms with Gasteiger partial charge in [-0.2, -0.15) is 25.3 Å². The maximum atomic E-state index is 13.8. The first-order chi connectivity index (χ1) is 22.0. The van der Waals surface area contributed by atoms with Crippen LogP contribution >= 0.6 is 25.3 Å². The zero-order valence-electron chi connectivity index (χ0n) is 26.4. The quantitative estimate of drug-likeness (QED) is 0.125. The molecule has 0 radical (unpaired) electrons. The van der Waals surface area contributed by atoms with Gasteiger partial charge in [0.2, 0.25) is 35.4 Å². The highest BCUT2D eigenvalue weighted by atomic mass is 32.1. The number of nitrogens with zero attached hydrogens (tertiary/aromatic N) is 1. The predicted octanol–water partition coefficient (Wildman–Crippen LogP) is -0.698. The standard InChI is InChI=1S/C31H47N7O6S2/c1-18(2)25-30(43)33-20(11-6-7-13-32)26(39)35-22(16-45)28(41)36-23(17-46)31(44)38-14-8-12-24(38)29(42)34-21(27(40)37-25)15-19-9-4-3-5-10-19/h3-5,9-10,18,20-25,45-46H,6-8,11-17,32H2,1-2H3,(H,33,43)(H,34,42)(H,35,39)(H,36,41)(H,37,40)/t20-,21-,22-,23-,24-,25-/m0/s1. The molecule has 7 N–H and O–H groups in total. The third kappa shape index (κ3) is 10.1. The van der Waals surface area contributed by atoms with Gasteiger partial charge in [-0.05, 0) is 50.1 Å². The molecule has 2 fully saturated rings. The monoisotopic (exact) mass is 677 g/mol. The van der Waals surface area contributed by atoms with Crippen molar-refractivity contribution >= 4 is 60.7 Å². The van der Waals surface area contributed by atoms with E-state index in [1.807, 2.05) is 30.3 Å². The third-order valence-electron chi connectivity index (χ3n) is 8.19. The minimum Gasteiger partial charge on any atom is -0.343 e. The average Bonchev–Trinajstić information content (AvgIpc) is 3.53. The van der Waals surface area contributed by atoms with E-state index in [0.717, 1.165) is 5.56 Å². The number of amides is 6. The SMILES string of the molecule is CC(C)[C@@H]1NC(=O)[C@H](Cc2ccccc2)NC(=O)[C@@H]2CCCN2C(=O)[C@H](CS)NC(=O)[C@H](CS)NC(=O)[C@H](CCCCN)NC1=O. The number of hydrogen-bond acceptors (Lipinski definition) is 9. The summed E-state index contributed by atoms with van der Waals surface area (Å²) in [4.78, 5) is 82.9. The van der Waals surface area contributed by atoms with Crippen LogP contribution in [0.4, 0.5) is 0 Å². The number of unbranched alkanes of at least 4 members (excludes halogenated alkanes) is 1. The van der Waals surface area contributed by atoms with E-state index in [1.165, 1.54) is 4.90 Å². The first-order valence-corrected chi connectivity index (χ1v) is 17.0. The molecule has 0 aliphatic carbocycles. The predicted molar refractivity (Wildman–Crippen MR) is 180 cm³/mol. The number of carbonyl (C=O) groups is 6. The highest BCUT2D eigenvalue weighted by molar-refractivity contribution is 7.80. The lowest BCUT2D eigenvalue weighted by atomic mass is 9.99. The van der Waals surface area contributed by atoms with Gasteiger partial charge < -0.3 is 37.2 Å². The Hall–Kier alpha value is -3.30. The van der Waals surface area contributed by atoms with Gasteiger partial charge in [0.1, 0.15) is 36.3 Å². The Kier molecular flexibility index (Phi) is 14.7. The maximum absolute atomic E-state index is 13.8. The van der Waals surface area contributed by atoms with Crippen LogP contribution in [0.2, 0.25) is 0 Å². The molecule has 0 unspecified atom stereocenters. The first kappa shape index (κ1) is 37.2. The van der Waals surface area contributed by atoms with Crippen molar-refractivity contribution in [2.45, 2.75) is 88.6 Å². The lowest BCUT2D eigenvalue weighted by Crippen LogP contribution is -2.62. The van der Waals surface area contributed by atoms with E-state index >= 15 is 0 Å². The van der Waals surface area contributed by atoms with E-state index in [0.29, 0.717) is 32.2 Å². The summed E-state index contributed by atoms with van der Waals surface area (Å²) in [7, 11) is 0. The molecule has 1 aromatic carbocycles. The van der Waals surface area contributed by atoms with Crippen molar-refractivity contribution in [1.29, 1.82) is 0 Å². The van der Waals surface area contributed by atoms with Crippen molar-refractivity contribution in [1.82, 2.24) is 31.5 Å². The maximum Gasteiger partial charge on any atom is 0.246 e. The molecule has 0 aromatic heterocycles. The Morgan fingerprint density at radius 1 is 0.761 bits per heavy atom. The minimum atomic E-state index is -1.13. The molecule has 2 aliphatic rings. The number of thiol groups is 2. The highest BCUT2D eigenvalue weighted by Gasteiger charge is 2.40. The molecule has 1 aromatic rings. The summed E-state index contributed by atoms with van der Waals surface area (Å²) in [5, 5.41) is 13.7. The van der Waals surface area contributed by atoms with Crippen molar-refractivity contribution in [3.63, 3.8) is 0 Å². The lowest BCUT2D eigenvalue weighted by Gasteiger charge is -2.31. The molecule has 13 nitrogen and oxygen atoms in total. The van der Waals surface area contributed by atoms with Gasteiger partial charge in [0.25, 0.3) is 0 Å². The molecule has 0 spiro atoms. The normalized spacial score (nSPS) is 27.1. The van der Waals surface area contributed by atoms with Crippen LogP contribution in [0.25, 0.3) is 0 Å². The molecule has 6 amide bonds. The summed E-state index contributed by atoms with van der Waals surface area (Å²) >= 11 is 8.52. The summed E-state index contributed by atoms with van der Waals surface area (Å²) in [6, 6.07) is 2.87. The topological polar surface area (TPSA) is 192 Å². The largest absolute Gasteiger partial charge is 0.343 e. The second kappa shape index (κ2) is 18.1. The molecule has 254 valence electrons. The molecule has 0 bridgehead atoms. The fourth-order valence-corrected chi connectivity index (χ4v) is 6.07. The number of benzene rings is 1. The van der Waals surface area contributed by atoms with Gasteiger partial charge >= 0.3 is 0 Å². The van der Waals surface area contributed by atoms with Crippen molar-refractivity contribution < 1.29 is 28.8 Å². The number of rotatable bonds is 9. The van der Waals surface area contributed by atoms with E-state index in [9.17, 15) is 28.8 Å². The number of nitrogens with one attached hydrogen (secondary N) is 5. The van der Waals surface area contributed by atoms with Gasteiger partial charge in [0.15, 0.2) is 0 Å². The van der Waals surface area contributed by atoms with Crippen LogP contribution in [0.15, 0.2) is 30.3 Å². The fraction of sp³-hybridized carbons (Fsp3) is 0.613. The second-order valence-electron chi connectivity index (χ2n) is 12.0. The lowest BCUT2D eigenvalue weighted by molar-refractivity contribution is -0.142. The number of fused-ring (bicyclic) bond motifs is 1. The molecule has 2 heterocycles. The minimum absolute atomic E-state index is 0.0595. The van der Waals surface area contributed by atoms with E-state index in [-0.39, 0.29) is 36.8 Å². The van der Waals surface area contributed by atoms with Crippen LogP contribution in [0.5, 0.6) is 0 Å². The van der Waals surface area contributed by atoms with Crippen LogP contribution in [-0.2, 0) is 35.2 Å². The Morgan fingerprint density at radius 2 is 1.35 bits per heavy atom. The number of carbonyl (C=O) groups excluding carboxylic acids is 6. The zero-order chi connectivity index (χ0) is 33.8. The number of nitrogens with two attached hydrogens (primary N) is 1. The van der Waals surface area contributed by atoms with Crippen molar-refractivity contribution in [2.75, 3.05) is 24.6 Å². The molecule has 6 atom stereocenters. The molecule has 2 aliphatic heterocycles. The summed E-state index contributed by atoms with van der Waals surface area (Å²) in [6.07, 6.45) is 2.39. The summed E-state index contributed by atoms with van der Waals surface area (Å²) in [5.74, 6) is -3.98. The fourth-order valence-electron chi connectivity index (χ4n) is 5.57. The molecule has 0 saturated carbocycles. The van der Waals surface area contributed by atoms with E-state index in [4.69, 9.17) is 5.73 Å². The number of hydrogen-bond donors (Lipinski definition) is 8. The van der Waals surface area contributed by atoms with Gasteiger partial charge in [-0.15, -0.1) is 0 Å².